The van der Waals surface area contributed by atoms with Gasteiger partial charge in [0.2, 0.25) is 5.91 Å². The van der Waals surface area contributed by atoms with Gasteiger partial charge in [0.15, 0.2) is 5.13 Å². The number of anilines is 1. The third kappa shape index (κ3) is 7.00. The molecule has 3 aromatic rings. The van der Waals surface area contributed by atoms with E-state index in [1.807, 2.05) is 29.2 Å². The molecule has 5 nitrogen and oxygen atoms in total. The first-order valence-corrected chi connectivity index (χ1v) is 14.1. The fourth-order valence-electron chi connectivity index (χ4n) is 4.34. The third-order valence-corrected chi connectivity index (χ3v) is 8.29. The van der Waals surface area contributed by atoms with E-state index in [0.29, 0.717) is 35.5 Å². The number of likely N-dealkylation sites (N-methyl/N-ethyl adjacent to an activating group) is 1. The van der Waals surface area contributed by atoms with Crippen LogP contribution in [0.4, 0.5) is 5.13 Å². The van der Waals surface area contributed by atoms with E-state index in [4.69, 9.17) is 28.2 Å². The fourth-order valence-corrected chi connectivity index (χ4v) is 5.96. The highest BCUT2D eigenvalue weighted by Gasteiger charge is 2.23. The lowest BCUT2D eigenvalue weighted by atomic mass is 10.0. The molecule has 4 rings (SSSR count). The Hall–Kier alpha value is -2.12. The van der Waals surface area contributed by atoms with Gasteiger partial charge < -0.3 is 14.7 Å². The summed E-state index contributed by atoms with van der Waals surface area (Å²) in [6.45, 7) is 9.20. The van der Waals surface area contributed by atoms with Crippen LogP contribution in [0.5, 0.6) is 0 Å². The zero-order valence-corrected chi connectivity index (χ0v) is 23.5. The minimum Gasteiger partial charge on any atom is -0.343 e. The highest BCUT2D eigenvalue weighted by Crippen LogP contribution is 2.37. The Labute approximate surface area is 228 Å². The van der Waals surface area contributed by atoms with E-state index < -0.39 is 0 Å². The molecule has 1 saturated heterocycles. The third-order valence-electron chi connectivity index (χ3n) is 6.41. The number of carbonyl (C=O) groups excluding carboxylic acids is 1. The lowest BCUT2D eigenvalue weighted by Crippen LogP contribution is -2.47. The van der Waals surface area contributed by atoms with E-state index >= 15 is 0 Å². The number of hydrogen-bond donors (Lipinski definition) is 0. The lowest BCUT2D eigenvalue weighted by molar-refractivity contribution is -0.132. The molecule has 2 aromatic carbocycles. The Morgan fingerprint density at radius 2 is 1.78 bits per heavy atom. The van der Waals surface area contributed by atoms with Crippen LogP contribution in [0.3, 0.4) is 0 Å². The van der Waals surface area contributed by atoms with Crippen molar-refractivity contribution >= 4 is 45.6 Å². The van der Waals surface area contributed by atoms with Gasteiger partial charge in [-0.15, -0.1) is 11.3 Å². The van der Waals surface area contributed by atoms with E-state index in [1.54, 1.807) is 11.3 Å². The van der Waals surface area contributed by atoms with E-state index in [-0.39, 0.29) is 5.91 Å². The van der Waals surface area contributed by atoms with Gasteiger partial charge in [0, 0.05) is 56.1 Å². The van der Waals surface area contributed by atoms with Crippen LogP contribution in [-0.2, 0) is 17.8 Å². The molecule has 0 atom stereocenters. The topological polar surface area (TPSA) is 39.7 Å². The van der Waals surface area contributed by atoms with Crippen LogP contribution in [0, 0.1) is 5.92 Å². The molecule has 192 valence electrons. The minimum atomic E-state index is 0.213. The monoisotopic (exact) mass is 544 g/mol. The van der Waals surface area contributed by atoms with Crippen molar-refractivity contribution in [1.29, 1.82) is 0 Å². The molecule has 2 heterocycles. The number of aromatic nitrogens is 1. The second-order valence-electron chi connectivity index (χ2n) is 9.84. The molecular formula is C28H34Cl2N4OS. The van der Waals surface area contributed by atoms with Crippen molar-refractivity contribution in [2.75, 3.05) is 44.7 Å². The van der Waals surface area contributed by atoms with Gasteiger partial charge in [-0.2, -0.15) is 0 Å². The van der Waals surface area contributed by atoms with Crippen molar-refractivity contribution in [2.24, 2.45) is 5.92 Å². The molecule has 0 spiro atoms. The normalized spacial score (nSPS) is 14.4. The van der Waals surface area contributed by atoms with Crippen LogP contribution in [-0.4, -0.2) is 60.5 Å². The molecular weight excluding hydrogens is 511 g/mol. The maximum Gasteiger partial charge on any atom is 0.224 e. The molecule has 0 saturated carbocycles. The second kappa shape index (κ2) is 12.4. The first kappa shape index (κ1) is 26.9. The quantitative estimate of drug-likeness (QED) is 0.308. The van der Waals surface area contributed by atoms with Crippen LogP contribution in [0.15, 0.2) is 48.5 Å². The SMILES string of the molecule is CC(C)Cc1sc(N(CCC(=O)N2CCN(C)CC2)Cc2ccccc2)nc1-c1ccc(Cl)c(Cl)c1. The Kier molecular flexibility index (Phi) is 9.29. The van der Waals surface area contributed by atoms with Crippen LogP contribution < -0.4 is 4.90 Å². The summed E-state index contributed by atoms with van der Waals surface area (Å²) >= 11 is 14.3. The molecule has 36 heavy (non-hydrogen) atoms. The molecule has 1 aromatic heterocycles. The zero-order valence-electron chi connectivity index (χ0n) is 21.2. The minimum absolute atomic E-state index is 0.213. The van der Waals surface area contributed by atoms with Crippen LogP contribution in [0.2, 0.25) is 10.0 Å². The van der Waals surface area contributed by atoms with Crippen molar-refractivity contribution in [2.45, 2.75) is 33.2 Å². The van der Waals surface area contributed by atoms with Crippen LogP contribution in [0.25, 0.3) is 11.3 Å². The van der Waals surface area contributed by atoms with Crippen molar-refractivity contribution in [3.05, 3.63) is 69.0 Å². The largest absolute Gasteiger partial charge is 0.343 e. The molecule has 0 radical (unpaired) electrons. The van der Waals surface area contributed by atoms with E-state index in [0.717, 1.165) is 49.0 Å². The number of amides is 1. The van der Waals surface area contributed by atoms with Gasteiger partial charge >= 0.3 is 0 Å². The zero-order chi connectivity index (χ0) is 25.7. The smallest absolute Gasteiger partial charge is 0.224 e. The Morgan fingerprint density at radius 3 is 2.44 bits per heavy atom. The Bertz CT molecular complexity index is 1160. The number of piperazine rings is 1. The van der Waals surface area contributed by atoms with Crippen molar-refractivity contribution in [1.82, 2.24) is 14.8 Å². The maximum atomic E-state index is 13.0. The summed E-state index contributed by atoms with van der Waals surface area (Å²) in [5, 5.41) is 1.99. The van der Waals surface area contributed by atoms with Gasteiger partial charge in [-0.25, -0.2) is 4.98 Å². The molecule has 0 N–H and O–H groups in total. The van der Waals surface area contributed by atoms with Gasteiger partial charge in [0.1, 0.15) is 0 Å². The van der Waals surface area contributed by atoms with Gasteiger partial charge in [-0.05, 0) is 37.1 Å². The number of halogens is 2. The summed E-state index contributed by atoms with van der Waals surface area (Å²) in [5.74, 6) is 0.700. The van der Waals surface area contributed by atoms with Crippen molar-refractivity contribution < 1.29 is 4.79 Å². The predicted octanol–water partition coefficient (Wildman–Crippen LogP) is 6.49. The maximum absolute atomic E-state index is 13.0. The van der Waals surface area contributed by atoms with Gasteiger partial charge in [0.25, 0.3) is 0 Å². The number of benzene rings is 2. The summed E-state index contributed by atoms with van der Waals surface area (Å²) in [4.78, 5) is 25.9. The Morgan fingerprint density at radius 1 is 1.06 bits per heavy atom. The number of nitrogens with zero attached hydrogens (tertiary/aromatic N) is 4. The van der Waals surface area contributed by atoms with Gasteiger partial charge in [-0.1, -0.05) is 73.4 Å². The second-order valence-corrected chi connectivity index (χ2v) is 11.7. The average molecular weight is 546 g/mol. The van der Waals surface area contributed by atoms with Crippen molar-refractivity contribution in [3.63, 3.8) is 0 Å². The summed E-state index contributed by atoms with van der Waals surface area (Å²) < 4.78 is 0. The van der Waals surface area contributed by atoms with Crippen LogP contribution in [0.1, 0.15) is 30.7 Å². The molecule has 1 fully saturated rings. The number of rotatable bonds is 9. The van der Waals surface area contributed by atoms with E-state index in [9.17, 15) is 4.79 Å². The molecule has 8 heteroatoms. The van der Waals surface area contributed by atoms with Gasteiger partial charge in [-0.3, -0.25) is 4.79 Å². The molecule has 0 unspecified atom stereocenters. The number of hydrogen-bond acceptors (Lipinski definition) is 5. The van der Waals surface area contributed by atoms with Crippen LogP contribution >= 0.6 is 34.5 Å². The first-order valence-electron chi connectivity index (χ1n) is 12.5. The molecule has 1 aliphatic rings. The fraction of sp³-hybridized carbons (Fsp3) is 0.429. The van der Waals surface area contributed by atoms with E-state index in [1.165, 1.54) is 10.4 Å². The number of thiazole rings is 1. The van der Waals surface area contributed by atoms with Gasteiger partial charge in [0.05, 0.1) is 15.7 Å². The predicted molar refractivity (Wildman–Crippen MR) is 152 cm³/mol. The Balaban J connectivity index is 1.61. The molecule has 0 aliphatic carbocycles. The van der Waals surface area contributed by atoms with E-state index in [2.05, 4.69) is 55.0 Å². The summed E-state index contributed by atoms with van der Waals surface area (Å²) in [6.07, 6.45) is 1.39. The number of carbonyl (C=O) groups is 1. The summed E-state index contributed by atoms with van der Waals surface area (Å²) in [5.41, 5.74) is 3.11. The van der Waals surface area contributed by atoms with Crippen molar-refractivity contribution in [3.8, 4) is 11.3 Å². The summed E-state index contributed by atoms with van der Waals surface area (Å²) in [7, 11) is 2.10. The highest BCUT2D eigenvalue weighted by atomic mass is 35.5. The lowest BCUT2D eigenvalue weighted by Gasteiger charge is -2.33. The molecule has 0 bridgehead atoms. The highest BCUT2D eigenvalue weighted by molar-refractivity contribution is 7.16. The standard InChI is InChI=1S/C28H34Cl2N4OS/c1-20(2)17-25-27(22-9-10-23(29)24(30)18-22)31-28(36-25)34(19-21-7-5-4-6-8-21)12-11-26(35)33-15-13-32(3)14-16-33/h4-10,18,20H,11-17,19H2,1-3H3. The summed E-state index contributed by atoms with van der Waals surface area (Å²) in [6, 6.07) is 16.1. The molecule has 1 amide bonds. The average Bonchev–Trinajstić information content (AvgIpc) is 3.27. The molecule has 1 aliphatic heterocycles. The first-order chi connectivity index (χ1) is 17.3.